The van der Waals surface area contributed by atoms with Gasteiger partial charge in [-0.3, -0.25) is 0 Å². The molecule has 20 heavy (non-hydrogen) atoms. The van der Waals surface area contributed by atoms with Crippen molar-refractivity contribution in [3.63, 3.8) is 0 Å². The third-order valence-electron chi connectivity index (χ3n) is 2.21. The fourth-order valence-electron chi connectivity index (χ4n) is 1.34. The molecule has 9 heteroatoms. The van der Waals surface area contributed by atoms with E-state index in [2.05, 4.69) is 4.74 Å². The van der Waals surface area contributed by atoms with Crippen LogP contribution in [0.15, 0.2) is 17.0 Å². The molecule has 0 aliphatic rings. The van der Waals surface area contributed by atoms with Crippen LogP contribution in [-0.2, 0) is 18.5 Å². The first-order valence-electron chi connectivity index (χ1n) is 5.37. The van der Waals surface area contributed by atoms with Gasteiger partial charge in [0.05, 0.1) is 12.2 Å². The van der Waals surface area contributed by atoms with Crippen LogP contribution < -0.4 is 0 Å². The van der Waals surface area contributed by atoms with Crippen LogP contribution in [0.4, 0.5) is 8.78 Å². The fourth-order valence-corrected chi connectivity index (χ4v) is 2.25. The zero-order valence-electron chi connectivity index (χ0n) is 10.4. The van der Waals surface area contributed by atoms with Crippen LogP contribution in [0.1, 0.15) is 16.8 Å². The lowest BCUT2D eigenvalue weighted by atomic mass is 10.2. The Kier molecular flexibility index (Phi) is 5.85. The molecular weight excluding hydrogens is 318 g/mol. The van der Waals surface area contributed by atoms with Gasteiger partial charge in [-0.2, -0.15) is 0 Å². The van der Waals surface area contributed by atoms with Crippen molar-refractivity contribution >= 4 is 25.7 Å². The van der Waals surface area contributed by atoms with Gasteiger partial charge in [0.15, 0.2) is 5.82 Å². The summed E-state index contributed by atoms with van der Waals surface area (Å²) in [7, 11) is 1.89. The van der Waals surface area contributed by atoms with E-state index in [-0.39, 0.29) is 6.61 Å². The summed E-state index contributed by atoms with van der Waals surface area (Å²) in [5.41, 5.74) is -0.832. The Morgan fingerprint density at radius 3 is 2.50 bits per heavy atom. The molecule has 0 aliphatic heterocycles. The van der Waals surface area contributed by atoms with E-state index in [1.54, 1.807) is 0 Å². The summed E-state index contributed by atoms with van der Waals surface area (Å²) in [4.78, 5) is 10.4. The molecule has 0 spiro atoms. The highest BCUT2D eigenvalue weighted by Crippen LogP contribution is 2.24. The Morgan fingerprint density at radius 2 is 1.95 bits per heavy atom. The van der Waals surface area contributed by atoms with E-state index >= 15 is 0 Å². The lowest BCUT2D eigenvalue weighted by Gasteiger charge is -2.07. The van der Waals surface area contributed by atoms with Crippen molar-refractivity contribution in [2.75, 3.05) is 20.3 Å². The van der Waals surface area contributed by atoms with Crippen LogP contribution in [0.2, 0.25) is 0 Å². The molecule has 1 aromatic carbocycles. The summed E-state index contributed by atoms with van der Waals surface area (Å²) in [5.74, 6) is -3.74. The Morgan fingerprint density at radius 1 is 1.30 bits per heavy atom. The average Bonchev–Trinajstić information content (AvgIpc) is 2.35. The van der Waals surface area contributed by atoms with Gasteiger partial charge >= 0.3 is 5.97 Å². The molecule has 0 unspecified atom stereocenters. The van der Waals surface area contributed by atoms with Crippen LogP contribution in [0, 0.1) is 11.6 Å². The standard InChI is InChI=1S/C11H11ClF2O5S/c1-18-3-2-4-19-11(15)8-5-7(13)6-9(10(8)14)20(12,16)17/h5-6H,2-4H2,1H3. The molecule has 1 rings (SSSR count). The van der Waals surface area contributed by atoms with Crippen molar-refractivity contribution < 1.29 is 31.5 Å². The number of carbonyl (C=O) groups is 1. The summed E-state index contributed by atoms with van der Waals surface area (Å²) in [6, 6.07) is 0.929. The van der Waals surface area contributed by atoms with Gasteiger partial charge in [0.2, 0.25) is 0 Å². The SMILES string of the molecule is COCCCOC(=O)c1cc(F)cc(S(=O)(=O)Cl)c1F. The molecule has 0 heterocycles. The summed E-state index contributed by atoms with van der Waals surface area (Å²) in [5, 5.41) is 0. The van der Waals surface area contributed by atoms with E-state index in [9.17, 15) is 22.0 Å². The van der Waals surface area contributed by atoms with E-state index in [0.717, 1.165) is 0 Å². The minimum absolute atomic E-state index is 0.0778. The zero-order chi connectivity index (χ0) is 15.3. The van der Waals surface area contributed by atoms with Gasteiger partial charge in [0.25, 0.3) is 9.05 Å². The number of methoxy groups -OCH3 is 1. The molecule has 0 N–H and O–H groups in total. The van der Waals surface area contributed by atoms with Crippen molar-refractivity contribution in [3.05, 3.63) is 29.3 Å². The Hall–Kier alpha value is -1.25. The van der Waals surface area contributed by atoms with E-state index < -0.39 is 37.1 Å². The molecule has 0 amide bonds. The minimum atomic E-state index is -4.51. The quantitative estimate of drug-likeness (QED) is 0.454. The van der Waals surface area contributed by atoms with Crippen molar-refractivity contribution in [3.8, 4) is 0 Å². The molecule has 112 valence electrons. The third kappa shape index (κ3) is 4.39. The van der Waals surface area contributed by atoms with Gasteiger partial charge in [-0.15, -0.1) is 0 Å². The topological polar surface area (TPSA) is 69.7 Å². The maximum Gasteiger partial charge on any atom is 0.341 e. The zero-order valence-corrected chi connectivity index (χ0v) is 11.9. The first-order valence-corrected chi connectivity index (χ1v) is 7.68. The van der Waals surface area contributed by atoms with E-state index in [1.807, 2.05) is 0 Å². The summed E-state index contributed by atoms with van der Waals surface area (Å²) < 4.78 is 58.6. The van der Waals surface area contributed by atoms with Crippen LogP contribution in [0.5, 0.6) is 0 Å². The number of carbonyl (C=O) groups excluding carboxylic acids is 1. The first kappa shape index (κ1) is 16.8. The molecule has 0 bridgehead atoms. The summed E-state index contributed by atoms with van der Waals surface area (Å²) >= 11 is 0. The molecular formula is C11H11ClF2O5S. The fraction of sp³-hybridized carbons (Fsp3) is 0.364. The van der Waals surface area contributed by atoms with Crippen molar-refractivity contribution in [1.29, 1.82) is 0 Å². The molecule has 0 saturated carbocycles. The second-order valence-corrected chi connectivity index (χ2v) is 6.22. The number of rotatable bonds is 6. The van der Waals surface area contributed by atoms with Crippen LogP contribution in [0.3, 0.4) is 0 Å². The predicted molar refractivity (Wildman–Crippen MR) is 66.2 cm³/mol. The van der Waals surface area contributed by atoms with Crippen LogP contribution >= 0.6 is 10.7 Å². The second-order valence-electron chi connectivity index (χ2n) is 3.69. The monoisotopic (exact) mass is 328 g/mol. The maximum absolute atomic E-state index is 13.8. The van der Waals surface area contributed by atoms with Crippen molar-refractivity contribution in [2.24, 2.45) is 0 Å². The minimum Gasteiger partial charge on any atom is -0.462 e. The smallest absolute Gasteiger partial charge is 0.341 e. The van der Waals surface area contributed by atoms with Crippen LogP contribution in [-0.4, -0.2) is 34.7 Å². The summed E-state index contributed by atoms with van der Waals surface area (Å²) in [6.07, 6.45) is 0.361. The number of hydrogen-bond acceptors (Lipinski definition) is 5. The van der Waals surface area contributed by atoms with Gasteiger partial charge in [-0.05, 0) is 12.1 Å². The highest BCUT2D eigenvalue weighted by Gasteiger charge is 2.25. The molecule has 1 aromatic rings. The van der Waals surface area contributed by atoms with Gasteiger partial charge in [-0.1, -0.05) is 0 Å². The number of esters is 1. The number of benzene rings is 1. The second kappa shape index (κ2) is 6.96. The number of hydrogen-bond donors (Lipinski definition) is 0. The number of halogens is 3. The van der Waals surface area contributed by atoms with Gasteiger partial charge in [-0.25, -0.2) is 22.0 Å². The van der Waals surface area contributed by atoms with E-state index in [1.165, 1.54) is 7.11 Å². The maximum atomic E-state index is 13.8. The lowest BCUT2D eigenvalue weighted by molar-refractivity contribution is 0.0462. The molecule has 0 aromatic heterocycles. The van der Waals surface area contributed by atoms with Crippen molar-refractivity contribution in [2.45, 2.75) is 11.3 Å². The third-order valence-corrected chi connectivity index (χ3v) is 3.53. The highest BCUT2D eigenvalue weighted by atomic mass is 35.7. The Labute approximate surface area is 118 Å². The largest absolute Gasteiger partial charge is 0.462 e. The Bertz CT molecular complexity index is 603. The van der Waals surface area contributed by atoms with E-state index in [4.69, 9.17) is 15.4 Å². The molecule has 5 nitrogen and oxygen atoms in total. The number of ether oxygens (including phenoxy) is 2. The van der Waals surface area contributed by atoms with Gasteiger partial charge < -0.3 is 9.47 Å². The van der Waals surface area contributed by atoms with E-state index in [0.29, 0.717) is 25.2 Å². The first-order chi connectivity index (χ1) is 9.27. The highest BCUT2D eigenvalue weighted by molar-refractivity contribution is 8.13. The Balaban J connectivity index is 3.01. The molecule has 0 fully saturated rings. The molecule has 0 radical (unpaired) electrons. The van der Waals surface area contributed by atoms with Crippen molar-refractivity contribution in [1.82, 2.24) is 0 Å². The molecule has 0 aliphatic carbocycles. The molecule has 0 saturated heterocycles. The average molecular weight is 329 g/mol. The summed E-state index contributed by atoms with van der Waals surface area (Å²) in [6.45, 7) is 0.242. The predicted octanol–water partition coefficient (Wildman–Crippen LogP) is 2.09. The van der Waals surface area contributed by atoms with Gasteiger partial charge in [0, 0.05) is 30.8 Å². The van der Waals surface area contributed by atoms with Crippen LogP contribution in [0.25, 0.3) is 0 Å². The lowest BCUT2D eigenvalue weighted by Crippen LogP contribution is -2.12. The normalized spacial score (nSPS) is 11.4. The molecule has 0 atom stereocenters. The van der Waals surface area contributed by atoms with Gasteiger partial charge in [0.1, 0.15) is 10.7 Å².